The molecule has 0 bridgehead atoms. The molecule has 0 aromatic carbocycles. The maximum atomic E-state index is 5.54. The van der Waals surface area contributed by atoms with E-state index in [0.29, 0.717) is 6.10 Å². The molecular weight excluding hydrogens is 196 g/mol. The van der Waals surface area contributed by atoms with Gasteiger partial charge in [0.1, 0.15) is 0 Å². The van der Waals surface area contributed by atoms with Crippen molar-refractivity contribution in [2.75, 3.05) is 20.8 Å². The first-order valence-corrected chi connectivity index (χ1v) is 5.45. The molecule has 0 radical (unpaired) electrons. The van der Waals surface area contributed by atoms with Gasteiger partial charge in [0.2, 0.25) is 0 Å². The third-order valence-corrected chi connectivity index (χ3v) is 2.83. The van der Waals surface area contributed by atoms with Crippen LogP contribution in [0.3, 0.4) is 0 Å². The summed E-state index contributed by atoms with van der Waals surface area (Å²) < 4.78 is 15.9. The van der Waals surface area contributed by atoms with Crippen LogP contribution in [0.2, 0.25) is 0 Å². The van der Waals surface area contributed by atoms with Crippen molar-refractivity contribution in [1.29, 1.82) is 0 Å². The van der Waals surface area contributed by atoms with E-state index in [4.69, 9.17) is 20.1 Å². The van der Waals surface area contributed by atoms with Crippen molar-refractivity contribution in [3.63, 3.8) is 0 Å². The Hall–Kier alpha value is -0.200. The molecule has 0 spiro atoms. The summed E-state index contributed by atoms with van der Waals surface area (Å²) in [6, 6.07) is 0.0178. The van der Waals surface area contributed by atoms with Gasteiger partial charge in [0.15, 0.2) is 6.29 Å². The molecule has 2 atom stereocenters. The lowest BCUT2D eigenvalue weighted by molar-refractivity contribution is -0.125. The predicted octanol–water partition coefficient (Wildman–Crippen LogP) is 0.396. The Bertz CT molecular complexity index is 159. The summed E-state index contributed by atoms with van der Waals surface area (Å²) in [5, 5.41) is 0. The third kappa shape index (κ3) is 4.04. The van der Waals surface area contributed by atoms with Crippen molar-refractivity contribution in [3.8, 4) is 0 Å². The van der Waals surface area contributed by atoms with E-state index in [-0.39, 0.29) is 12.3 Å². The molecule has 5 nitrogen and oxygen atoms in total. The first-order chi connectivity index (χ1) is 7.31. The highest BCUT2D eigenvalue weighted by Crippen LogP contribution is 2.18. The van der Waals surface area contributed by atoms with Crippen LogP contribution in [-0.2, 0) is 14.2 Å². The topological polar surface area (TPSA) is 65.7 Å². The zero-order chi connectivity index (χ0) is 11.1. The van der Waals surface area contributed by atoms with Crippen LogP contribution in [0.5, 0.6) is 0 Å². The molecule has 0 amide bonds. The van der Waals surface area contributed by atoms with E-state index in [9.17, 15) is 0 Å². The van der Waals surface area contributed by atoms with Gasteiger partial charge in [-0.25, -0.2) is 0 Å². The highest BCUT2D eigenvalue weighted by atomic mass is 16.7. The SMILES string of the molecule is COC(OC)C(CCC1CCCO1)NN. The number of nitrogens with one attached hydrogen (secondary N) is 1. The Morgan fingerprint density at radius 2 is 2.20 bits per heavy atom. The van der Waals surface area contributed by atoms with Crippen LogP contribution in [0, 0.1) is 0 Å². The monoisotopic (exact) mass is 218 g/mol. The summed E-state index contributed by atoms with van der Waals surface area (Å²) in [7, 11) is 3.23. The lowest BCUT2D eigenvalue weighted by Gasteiger charge is -2.24. The molecule has 0 saturated carbocycles. The van der Waals surface area contributed by atoms with Gasteiger partial charge >= 0.3 is 0 Å². The van der Waals surface area contributed by atoms with Gasteiger partial charge in [-0.3, -0.25) is 11.3 Å². The van der Waals surface area contributed by atoms with Crippen LogP contribution < -0.4 is 11.3 Å². The Balaban J connectivity index is 2.25. The lowest BCUT2D eigenvalue weighted by Crippen LogP contribution is -2.46. The standard InChI is InChI=1S/C10H22N2O3/c1-13-10(14-2)9(12-11)6-5-8-4-3-7-15-8/h8-10,12H,3-7,11H2,1-2H3. The number of ether oxygens (including phenoxy) is 3. The second-order valence-electron chi connectivity index (χ2n) is 3.83. The van der Waals surface area contributed by atoms with Crippen molar-refractivity contribution < 1.29 is 14.2 Å². The van der Waals surface area contributed by atoms with Crippen LogP contribution in [0.25, 0.3) is 0 Å². The van der Waals surface area contributed by atoms with E-state index in [1.807, 2.05) is 0 Å². The molecule has 1 rings (SSSR count). The Morgan fingerprint density at radius 3 is 2.67 bits per heavy atom. The Kier molecular flexibility index (Phi) is 6.12. The van der Waals surface area contributed by atoms with Gasteiger partial charge in [0, 0.05) is 20.8 Å². The van der Waals surface area contributed by atoms with E-state index >= 15 is 0 Å². The molecule has 2 unspecified atom stereocenters. The average Bonchev–Trinajstić information content (AvgIpc) is 2.77. The highest BCUT2D eigenvalue weighted by molar-refractivity contribution is 4.72. The molecule has 1 heterocycles. The first-order valence-electron chi connectivity index (χ1n) is 5.45. The maximum absolute atomic E-state index is 5.54. The number of hydrogen-bond donors (Lipinski definition) is 2. The summed E-state index contributed by atoms with van der Waals surface area (Å²) in [5.74, 6) is 5.46. The third-order valence-electron chi connectivity index (χ3n) is 2.83. The number of rotatable bonds is 7. The van der Waals surface area contributed by atoms with Crippen molar-refractivity contribution in [1.82, 2.24) is 5.43 Å². The van der Waals surface area contributed by atoms with Crippen molar-refractivity contribution >= 4 is 0 Å². The van der Waals surface area contributed by atoms with Gasteiger partial charge < -0.3 is 14.2 Å². The average molecular weight is 218 g/mol. The summed E-state index contributed by atoms with van der Waals surface area (Å²) in [6.07, 6.45) is 4.31. The maximum Gasteiger partial charge on any atom is 0.173 e. The molecule has 1 aliphatic heterocycles. The van der Waals surface area contributed by atoms with Gasteiger partial charge in [-0.1, -0.05) is 0 Å². The van der Waals surface area contributed by atoms with Crippen molar-refractivity contribution in [2.24, 2.45) is 5.84 Å². The van der Waals surface area contributed by atoms with E-state index in [1.165, 1.54) is 6.42 Å². The minimum atomic E-state index is -0.295. The van der Waals surface area contributed by atoms with Gasteiger partial charge in [-0.15, -0.1) is 0 Å². The van der Waals surface area contributed by atoms with Crippen molar-refractivity contribution in [2.45, 2.75) is 44.1 Å². The van der Waals surface area contributed by atoms with Crippen LogP contribution in [0.4, 0.5) is 0 Å². The van der Waals surface area contributed by atoms with E-state index in [2.05, 4.69) is 5.43 Å². The molecule has 1 saturated heterocycles. The smallest absolute Gasteiger partial charge is 0.173 e. The largest absolute Gasteiger partial charge is 0.378 e. The van der Waals surface area contributed by atoms with Gasteiger partial charge in [0.25, 0.3) is 0 Å². The zero-order valence-electron chi connectivity index (χ0n) is 9.57. The van der Waals surface area contributed by atoms with Gasteiger partial charge in [0.05, 0.1) is 12.1 Å². The number of hydrazine groups is 1. The number of nitrogens with two attached hydrogens (primary N) is 1. The molecule has 1 fully saturated rings. The zero-order valence-corrected chi connectivity index (χ0v) is 9.57. The van der Waals surface area contributed by atoms with Crippen LogP contribution >= 0.6 is 0 Å². The summed E-state index contributed by atoms with van der Waals surface area (Å²) >= 11 is 0. The minimum Gasteiger partial charge on any atom is -0.378 e. The van der Waals surface area contributed by atoms with Crippen molar-refractivity contribution in [3.05, 3.63) is 0 Å². The normalized spacial score (nSPS) is 23.6. The van der Waals surface area contributed by atoms with Gasteiger partial charge in [-0.2, -0.15) is 0 Å². The molecular formula is C10H22N2O3. The van der Waals surface area contributed by atoms with E-state index in [1.54, 1.807) is 14.2 Å². The quantitative estimate of drug-likeness (QED) is 0.368. The summed E-state index contributed by atoms with van der Waals surface area (Å²) in [4.78, 5) is 0. The summed E-state index contributed by atoms with van der Waals surface area (Å²) in [5.41, 5.74) is 2.72. The van der Waals surface area contributed by atoms with E-state index in [0.717, 1.165) is 25.9 Å². The highest BCUT2D eigenvalue weighted by Gasteiger charge is 2.22. The molecule has 5 heteroatoms. The Morgan fingerprint density at radius 1 is 1.47 bits per heavy atom. The van der Waals surface area contributed by atoms with Crippen LogP contribution in [-0.4, -0.2) is 39.3 Å². The molecule has 1 aliphatic rings. The molecule has 0 aromatic rings. The molecule has 0 aromatic heterocycles. The minimum absolute atomic E-state index is 0.0178. The predicted molar refractivity (Wildman–Crippen MR) is 57.1 cm³/mol. The lowest BCUT2D eigenvalue weighted by atomic mass is 10.1. The summed E-state index contributed by atoms with van der Waals surface area (Å²) in [6.45, 7) is 0.892. The number of methoxy groups -OCH3 is 2. The molecule has 0 aliphatic carbocycles. The second kappa shape index (κ2) is 7.14. The fourth-order valence-electron chi connectivity index (χ4n) is 1.96. The van der Waals surface area contributed by atoms with Crippen LogP contribution in [0.15, 0.2) is 0 Å². The number of hydrogen-bond acceptors (Lipinski definition) is 5. The molecule has 15 heavy (non-hydrogen) atoms. The molecule has 90 valence electrons. The fraction of sp³-hybridized carbons (Fsp3) is 1.00. The first kappa shape index (κ1) is 12.9. The second-order valence-corrected chi connectivity index (χ2v) is 3.83. The van der Waals surface area contributed by atoms with E-state index < -0.39 is 0 Å². The Labute approximate surface area is 91.2 Å². The fourth-order valence-corrected chi connectivity index (χ4v) is 1.96. The van der Waals surface area contributed by atoms with Gasteiger partial charge in [-0.05, 0) is 25.7 Å². The molecule has 3 N–H and O–H groups in total. The van der Waals surface area contributed by atoms with Crippen LogP contribution in [0.1, 0.15) is 25.7 Å².